The van der Waals surface area contributed by atoms with Gasteiger partial charge in [0.05, 0.1) is 5.52 Å². The Hall–Kier alpha value is -4.13. The number of H-pyrrole nitrogens is 1. The average molecular weight is 386 g/mol. The molecule has 0 saturated heterocycles. The van der Waals surface area contributed by atoms with Crippen LogP contribution in [-0.2, 0) is 6.61 Å². The molecule has 0 bridgehead atoms. The predicted molar refractivity (Wildman–Crippen MR) is 110 cm³/mol. The molecule has 0 aliphatic heterocycles. The van der Waals surface area contributed by atoms with E-state index >= 15 is 0 Å². The van der Waals surface area contributed by atoms with Crippen molar-refractivity contribution in [1.82, 2.24) is 15.5 Å². The largest absolute Gasteiger partial charge is 0.489 e. The van der Waals surface area contributed by atoms with Gasteiger partial charge in [0.1, 0.15) is 12.4 Å². The van der Waals surface area contributed by atoms with Gasteiger partial charge in [-0.15, -0.1) is 0 Å². The number of ether oxygens (including phenoxy) is 1. The van der Waals surface area contributed by atoms with Gasteiger partial charge >= 0.3 is 6.03 Å². The molecule has 7 heteroatoms. The van der Waals surface area contributed by atoms with Gasteiger partial charge in [-0.2, -0.15) is 5.10 Å². The normalized spacial score (nSPS) is 10.5. The maximum absolute atomic E-state index is 12.2. The van der Waals surface area contributed by atoms with E-state index in [1.807, 2.05) is 42.5 Å². The lowest BCUT2D eigenvalue weighted by Gasteiger charge is -2.07. The van der Waals surface area contributed by atoms with Crippen LogP contribution in [0.15, 0.2) is 78.9 Å². The summed E-state index contributed by atoms with van der Waals surface area (Å²) < 4.78 is 5.83. The van der Waals surface area contributed by atoms with E-state index in [2.05, 4.69) is 20.8 Å². The smallest absolute Gasteiger partial charge is 0.327 e. The van der Waals surface area contributed by atoms with Crippen LogP contribution in [0.25, 0.3) is 10.9 Å². The van der Waals surface area contributed by atoms with Crippen LogP contribution in [0.3, 0.4) is 0 Å². The summed E-state index contributed by atoms with van der Waals surface area (Å²) in [6.07, 6.45) is 0. The predicted octanol–water partition coefficient (Wildman–Crippen LogP) is 4.10. The first-order valence-electron chi connectivity index (χ1n) is 9.01. The number of hydrogen-bond donors (Lipinski definition) is 3. The summed E-state index contributed by atoms with van der Waals surface area (Å²) in [5.74, 6) is 0.463. The summed E-state index contributed by atoms with van der Waals surface area (Å²) in [6, 6.07) is 23.1. The van der Waals surface area contributed by atoms with Crippen molar-refractivity contribution in [2.24, 2.45) is 0 Å². The molecule has 1 aromatic heterocycles. The minimum Gasteiger partial charge on any atom is -0.489 e. The Morgan fingerprint density at radius 1 is 0.931 bits per heavy atom. The highest BCUT2D eigenvalue weighted by Crippen LogP contribution is 2.25. The molecule has 0 fully saturated rings. The van der Waals surface area contributed by atoms with E-state index in [4.69, 9.17) is 4.74 Å². The number of benzene rings is 3. The second-order valence-corrected chi connectivity index (χ2v) is 6.33. The molecular weight excluding hydrogens is 368 g/mol. The van der Waals surface area contributed by atoms with Crippen LogP contribution in [0.5, 0.6) is 5.75 Å². The minimum absolute atomic E-state index is 0.309. The monoisotopic (exact) mass is 386 g/mol. The number of carbonyl (C=O) groups excluding carboxylic acids is 2. The number of nitrogens with zero attached hydrogens (tertiary/aromatic N) is 1. The Morgan fingerprint density at radius 2 is 1.66 bits per heavy atom. The summed E-state index contributed by atoms with van der Waals surface area (Å²) in [7, 11) is 0. The quantitative estimate of drug-likeness (QED) is 0.481. The molecule has 3 amide bonds. The second kappa shape index (κ2) is 8.26. The third-order valence-electron chi connectivity index (χ3n) is 4.28. The van der Waals surface area contributed by atoms with Crippen LogP contribution in [0.4, 0.5) is 10.6 Å². The Kier molecular flexibility index (Phi) is 5.20. The number of urea groups is 1. The molecule has 144 valence electrons. The number of hydrogen-bond acceptors (Lipinski definition) is 4. The lowest BCUT2D eigenvalue weighted by atomic mass is 10.2. The van der Waals surface area contributed by atoms with Gasteiger partial charge in [-0.3, -0.25) is 20.5 Å². The van der Waals surface area contributed by atoms with Crippen LogP contribution in [0.1, 0.15) is 15.9 Å². The topological polar surface area (TPSA) is 96.1 Å². The maximum Gasteiger partial charge on any atom is 0.327 e. The zero-order valence-corrected chi connectivity index (χ0v) is 15.4. The molecule has 4 aromatic rings. The molecule has 0 aliphatic rings. The average Bonchev–Trinajstić information content (AvgIpc) is 3.15. The lowest BCUT2D eigenvalue weighted by molar-refractivity contribution is 0.0967. The van der Waals surface area contributed by atoms with Crippen molar-refractivity contribution >= 4 is 28.7 Å². The summed E-state index contributed by atoms with van der Waals surface area (Å²) in [4.78, 5) is 24.3. The first-order valence-corrected chi connectivity index (χ1v) is 9.01. The van der Waals surface area contributed by atoms with Crippen molar-refractivity contribution in [3.8, 4) is 5.75 Å². The maximum atomic E-state index is 12.2. The van der Waals surface area contributed by atoms with Crippen LogP contribution >= 0.6 is 0 Å². The number of imide groups is 1. The summed E-state index contributed by atoms with van der Waals surface area (Å²) in [6.45, 7) is 0.430. The Labute approximate surface area is 166 Å². The fourth-order valence-electron chi connectivity index (χ4n) is 2.82. The van der Waals surface area contributed by atoms with Gasteiger partial charge in [0.15, 0.2) is 5.82 Å². The highest BCUT2D eigenvalue weighted by atomic mass is 16.5. The molecule has 3 N–H and O–H groups in total. The first kappa shape index (κ1) is 18.2. The molecule has 3 aromatic carbocycles. The molecule has 0 aliphatic carbocycles. The van der Waals surface area contributed by atoms with Crippen LogP contribution in [0.2, 0.25) is 0 Å². The van der Waals surface area contributed by atoms with Gasteiger partial charge in [-0.05, 0) is 35.9 Å². The third-order valence-corrected chi connectivity index (χ3v) is 4.28. The molecule has 7 nitrogen and oxygen atoms in total. The van der Waals surface area contributed by atoms with E-state index in [-0.39, 0.29) is 0 Å². The minimum atomic E-state index is -0.664. The van der Waals surface area contributed by atoms with Crippen molar-refractivity contribution in [2.75, 3.05) is 5.32 Å². The molecule has 0 unspecified atom stereocenters. The van der Waals surface area contributed by atoms with Crippen LogP contribution in [0, 0.1) is 0 Å². The number of aromatic amines is 1. The first-order chi connectivity index (χ1) is 14.2. The fraction of sp³-hybridized carbons (Fsp3) is 0.0455. The third kappa shape index (κ3) is 4.41. The van der Waals surface area contributed by atoms with Crippen LogP contribution in [-0.4, -0.2) is 22.1 Å². The molecule has 1 heterocycles. The van der Waals surface area contributed by atoms with Gasteiger partial charge in [-0.1, -0.05) is 48.5 Å². The summed E-state index contributed by atoms with van der Waals surface area (Å²) in [5.41, 5.74) is 2.19. The SMILES string of the molecule is O=C(NC(=O)c1ccccc1)Nc1n[nH]c2ccc(OCc3ccccc3)cc12. The highest BCUT2D eigenvalue weighted by molar-refractivity contribution is 6.09. The van der Waals surface area contributed by atoms with Crippen molar-refractivity contribution < 1.29 is 14.3 Å². The Bertz CT molecular complexity index is 1140. The van der Waals surface area contributed by atoms with Crippen molar-refractivity contribution in [3.05, 3.63) is 90.0 Å². The Balaban J connectivity index is 1.44. The van der Waals surface area contributed by atoms with E-state index in [1.54, 1.807) is 36.4 Å². The van der Waals surface area contributed by atoms with E-state index in [1.165, 1.54) is 0 Å². The molecule has 0 saturated carbocycles. The molecule has 0 spiro atoms. The number of amides is 3. The molecule has 29 heavy (non-hydrogen) atoms. The number of carbonyl (C=O) groups is 2. The molecular formula is C22H18N4O3. The number of aromatic nitrogens is 2. The second-order valence-electron chi connectivity index (χ2n) is 6.33. The number of anilines is 1. The van der Waals surface area contributed by atoms with E-state index in [9.17, 15) is 9.59 Å². The van der Waals surface area contributed by atoms with Gasteiger partial charge in [-0.25, -0.2) is 4.79 Å². The van der Waals surface area contributed by atoms with Gasteiger partial charge in [0.25, 0.3) is 5.91 Å². The molecule has 0 atom stereocenters. The van der Waals surface area contributed by atoms with Gasteiger partial charge in [0, 0.05) is 10.9 Å². The fourth-order valence-corrected chi connectivity index (χ4v) is 2.82. The Morgan fingerprint density at radius 3 is 2.41 bits per heavy atom. The lowest BCUT2D eigenvalue weighted by Crippen LogP contribution is -2.34. The van der Waals surface area contributed by atoms with E-state index < -0.39 is 11.9 Å². The number of fused-ring (bicyclic) bond motifs is 1. The van der Waals surface area contributed by atoms with Gasteiger partial charge < -0.3 is 4.74 Å². The van der Waals surface area contributed by atoms with E-state index in [0.29, 0.717) is 29.1 Å². The van der Waals surface area contributed by atoms with Gasteiger partial charge in [0.2, 0.25) is 0 Å². The van der Waals surface area contributed by atoms with Crippen molar-refractivity contribution in [3.63, 3.8) is 0 Å². The summed E-state index contributed by atoms with van der Waals surface area (Å²) >= 11 is 0. The zero-order valence-electron chi connectivity index (χ0n) is 15.4. The molecule has 4 rings (SSSR count). The van der Waals surface area contributed by atoms with Crippen LogP contribution < -0.4 is 15.4 Å². The number of rotatable bonds is 5. The van der Waals surface area contributed by atoms with E-state index in [0.717, 1.165) is 11.1 Å². The zero-order chi connectivity index (χ0) is 20.1. The van der Waals surface area contributed by atoms with Crippen molar-refractivity contribution in [2.45, 2.75) is 6.61 Å². The highest BCUT2D eigenvalue weighted by Gasteiger charge is 2.13. The van der Waals surface area contributed by atoms with Crippen molar-refractivity contribution in [1.29, 1.82) is 0 Å². The standard InChI is InChI=1S/C22H18N4O3/c27-21(16-9-5-2-6-10-16)24-22(28)23-20-18-13-17(11-12-19(18)25-26-20)29-14-15-7-3-1-4-8-15/h1-13H,14H2,(H3,23,24,25,26,27,28). The molecule has 0 radical (unpaired) electrons. The number of nitrogens with one attached hydrogen (secondary N) is 3. The summed E-state index contributed by atoms with van der Waals surface area (Å²) in [5, 5.41) is 12.5.